The molecule has 0 saturated carbocycles. The summed E-state index contributed by atoms with van der Waals surface area (Å²) in [6.07, 6.45) is -2.46. The van der Waals surface area contributed by atoms with Gasteiger partial charge in [0.1, 0.15) is 5.82 Å². The Morgan fingerprint density at radius 1 is 1.17 bits per heavy atom. The summed E-state index contributed by atoms with van der Waals surface area (Å²) in [6, 6.07) is 6.05. The lowest BCUT2D eigenvalue weighted by Crippen LogP contribution is -2.36. The standard InChI is InChI=1S/C20H21F3N4O2/c1-13-14(4-3-5-16(13)20(21,22)23)10-15-12-24-27-18(28-2)11-17(25-19(15)27)26-6-8-29-9-7-26/h3-5,11-12H,6-10H2,1-2H3. The van der Waals surface area contributed by atoms with Crippen molar-refractivity contribution in [3.63, 3.8) is 0 Å². The molecule has 1 saturated heterocycles. The Hall–Kier alpha value is -2.81. The second kappa shape index (κ2) is 7.55. The van der Waals surface area contributed by atoms with E-state index in [9.17, 15) is 13.2 Å². The smallest absolute Gasteiger partial charge is 0.416 e. The van der Waals surface area contributed by atoms with Crippen LogP contribution in [0.2, 0.25) is 0 Å². The van der Waals surface area contributed by atoms with Gasteiger partial charge in [0.15, 0.2) is 5.65 Å². The van der Waals surface area contributed by atoms with Gasteiger partial charge in [-0.15, -0.1) is 0 Å². The lowest BCUT2D eigenvalue weighted by atomic mass is 9.97. The minimum atomic E-state index is -4.38. The molecule has 0 radical (unpaired) electrons. The summed E-state index contributed by atoms with van der Waals surface area (Å²) in [5, 5.41) is 4.34. The highest BCUT2D eigenvalue weighted by Gasteiger charge is 2.33. The van der Waals surface area contributed by atoms with E-state index in [0.717, 1.165) is 17.4 Å². The third-order valence-electron chi connectivity index (χ3n) is 5.18. The van der Waals surface area contributed by atoms with E-state index in [1.54, 1.807) is 23.9 Å². The van der Waals surface area contributed by atoms with Gasteiger partial charge in [-0.05, 0) is 24.1 Å². The molecule has 1 aromatic carbocycles. The molecule has 0 bridgehead atoms. The van der Waals surface area contributed by atoms with Crippen LogP contribution in [0.4, 0.5) is 19.0 Å². The molecule has 154 valence electrons. The number of anilines is 1. The van der Waals surface area contributed by atoms with Crippen LogP contribution in [0.15, 0.2) is 30.5 Å². The van der Waals surface area contributed by atoms with Crippen LogP contribution in [-0.2, 0) is 17.3 Å². The van der Waals surface area contributed by atoms with Crippen molar-refractivity contribution < 1.29 is 22.6 Å². The van der Waals surface area contributed by atoms with E-state index in [1.807, 2.05) is 6.07 Å². The summed E-state index contributed by atoms with van der Waals surface area (Å²) in [5.41, 5.74) is 1.50. The zero-order valence-electron chi connectivity index (χ0n) is 16.2. The molecular formula is C20H21F3N4O2. The van der Waals surface area contributed by atoms with Crippen molar-refractivity contribution in [2.24, 2.45) is 0 Å². The fraction of sp³-hybridized carbons (Fsp3) is 0.400. The number of aromatic nitrogens is 3. The molecule has 0 unspecified atom stereocenters. The predicted molar refractivity (Wildman–Crippen MR) is 102 cm³/mol. The van der Waals surface area contributed by atoms with Crippen molar-refractivity contribution >= 4 is 11.5 Å². The van der Waals surface area contributed by atoms with E-state index in [2.05, 4.69) is 10.00 Å². The number of rotatable bonds is 4. The molecule has 0 aliphatic carbocycles. The first kappa shape index (κ1) is 19.5. The molecule has 0 atom stereocenters. The fourth-order valence-corrected chi connectivity index (χ4v) is 3.58. The van der Waals surface area contributed by atoms with Gasteiger partial charge < -0.3 is 14.4 Å². The number of halogens is 3. The molecule has 0 amide bonds. The van der Waals surface area contributed by atoms with Crippen molar-refractivity contribution in [2.45, 2.75) is 19.5 Å². The third kappa shape index (κ3) is 3.74. The fourth-order valence-electron chi connectivity index (χ4n) is 3.58. The first-order valence-electron chi connectivity index (χ1n) is 9.28. The molecule has 3 heterocycles. The number of morpholine rings is 1. The monoisotopic (exact) mass is 406 g/mol. The first-order chi connectivity index (χ1) is 13.9. The third-order valence-corrected chi connectivity index (χ3v) is 5.18. The van der Waals surface area contributed by atoms with Crippen LogP contribution in [0, 0.1) is 6.92 Å². The molecule has 1 aliphatic rings. The van der Waals surface area contributed by atoms with Crippen LogP contribution < -0.4 is 9.64 Å². The Balaban J connectivity index is 1.75. The van der Waals surface area contributed by atoms with Gasteiger partial charge in [-0.3, -0.25) is 0 Å². The van der Waals surface area contributed by atoms with Crippen molar-refractivity contribution in [1.82, 2.24) is 14.6 Å². The molecule has 1 fully saturated rings. The Morgan fingerprint density at radius 3 is 2.62 bits per heavy atom. The molecule has 0 spiro atoms. The highest BCUT2D eigenvalue weighted by Crippen LogP contribution is 2.34. The number of hydrogen-bond donors (Lipinski definition) is 0. The lowest BCUT2D eigenvalue weighted by Gasteiger charge is -2.28. The summed E-state index contributed by atoms with van der Waals surface area (Å²) in [4.78, 5) is 6.83. The maximum Gasteiger partial charge on any atom is 0.416 e. The van der Waals surface area contributed by atoms with Gasteiger partial charge in [0.05, 0.1) is 32.1 Å². The van der Waals surface area contributed by atoms with Crippen LogP contribution in [0.3, 0.4) is 0 Å². The van der Waals surface area contributed by atoms with E-state index in [4.69, 9.17) is 14.5 Å². The zero-order chi connectivity index (χ0) is 20.6. The van der Waals surface area contributed by atoms with Gasteiger partial charge in [0.25, 0.3) is 0 Å². The van der Waals surface area contributed by atoms with Gasteiger partial charge >= 0.3 is 6.18 Å². The molecular weight excluding hydrogens is 385 g/mol. The molecule has 1 aliphatic heterocycles. The topological polar surface area (TPSA) is 51.9 Å². The Kier molecular flexibility index (Phi) is 5.08. The van der Waals surface area contributed by atoms with Gasteiger partial charge in [-0.25, -0.2) is 4.98 Å². The van der Waals surface area contributed by atoms with E-state index in [1.165, 1.54) is 13.0 Å². The zero-order valence-corrected chi connectivity index (χ0v) is 16.2. The highest BCUT2D eigenvalue weighted by molar-refractivity contribution is 5.57. The minimum Gasteiger partial charge on any atom is -0.481 e. The number of fused-ring (bicyclic) bond motifs is 1. The van der Waals surface area contributed by atoms with E-state index in [-0.39, 0.29) is 5.56 Å². The number of ether oxygens (including phenoxy) is 2. The maximum absolute atomic E-state index is 13.3. The second-order valence-corrected chi connectivity index (χ2v) is 6.93. The van der Waals surface area contributed by atoms with Gasteiger partial charge in [-0.1, -0.05) is 12.1 Å². The van der Waals surface area contributed by atoms with Gasteiger partial charge in [-0.2, -0.15) is 22.8 Å². The highest BCUT2D eigenvalue weighted by atomic mass is 19.4. The quantitative estimate of drug-likeness (QED) is 0.664. The summed E-state index contributed by atoms with van der Waals surface area (Å²) in [5.74, 6) is 1.25. The average Bonchev–Trinajstić information content (AvgIpc) is 3.11. The number of hydrogen-bond acceptors (Lipinski definition) is 5. The molecule has 4 rings (SSSR count). The van der Waals surface area contributed by atoms with Crippen LogP contribution in [0.25, 0.3) is 5.65 Å². The largest absolute Gasteiger partial charge is 0.481 e. The van der Waals surface area contributed by atoms with E-state index >= 15 is 0 Å². The molecule has 0 N–H and O–H groups in total. The van der Waals surface area contributed by atoms with Crippen LogP contribution in [-0.4, -0.2) is 48.0 Å². The van der Waals surface area contributed by atoms with Gasteiger partial charge in [0, 0.05) is 31.1 Å². The van der Waals surface area contributed by atoms with Crippen LogP contribution in [0.5, 0.6) is 5.88 Å². The summed E-state index contributed by atoms with van der Waals surface area (Å²) in [6.45, 7) is 4.15. The van der Waals surface area contributed by atoms with Crippen LogP contribution >= 0.6 is 0 Å². The number of alkyl halides is 3. The summed E-state index contributed by atoms with van der Waals surface area (Å²) < 4.78 is 52.2. The first-order valence-corrected chi connectivity index (χ1v) is 9.28. The number of benzene rings is 1. The van der Waals surface area contributed by atoms with Crippen molar-refractivity contribution in [3.8, 4) is 5.88 Å². The normalized spacial score (nSPS) is 15.1. The van der Waals surface area contributed by atoms with Crippen molar-refractivity contribution in [1.29, 1.82) is 0 Å². The number of methoxy groups -OCH3 is 1. The van der Waals surface area contributed by atoms with Crippen molar-refractivity contribution in [2.75, 3.05) is 38.3 Å². The Morgan fingerprint density at radius 2 is 1.93 bits per heavy atom. The van der Waals surface area contributed by atoms with E-state index < -0.39 is 11.7 Å². The van der Waals surface area contributed by atoms with Gasteiger partial charge in [0.2, 0.25) is 5.88 Å². The Labute approximate surface area is 165 Å². The van der Waals surface area contributed by atoms with Crippen molar-refractivity contribution in [3.05, 3.63) is 52.7 Å². The SMILES string of the molecule is COc1cc(N2CCOCC2)nc2c(Cc3cccc(C(F)(F)F)c3C)cnn12. The lowest BCUT2D eigenvalue weighted by molar-refractivity contribution is -0.138. The molecule has 2 aromatic heterocycles. The summed E-state index contributed by atoms with van der Waals surface area (Å²) in [7, 11) is 1.55. The molecule has 3 aromatic rings. The predicted octanol–water partition coefficient (Wildman–Crippen LogP) is 3.49. The Bertz CT molecular complexity index is 1030. The minimum absolute atomic E-state index is 0.218. The summed E-state index contributed by atoms with van der Waals surface area (Å²) >= 11 is 0. The molecule has 9 heteroatoms. The molecule has 29 heavy (non-hydrogen) atoms. The van der Waals surface area contributed by atoms with Crippen LogP contribution in [0.1, 0.15) is 22.3 Å². The average molecular weight is 406 g/mol. The molecule has 6 nitrogen and oxygen atoms in total. The van der Waals surface area contributed by atoms with E-state index in [0.29, 0.717) is 49.8 Å². The maximum atomic E-state index is 13.3. The second-order valence-electron chi connectivity index (χ2n) is 6.93. The number of nitrogens with zero attached hydrogens (tertiary/aromatic N) is 4.